The van der Waals surface area contributed by atoms with Crippen molar-refractivity contribution in [3.05, 3.63) is 0 Å². The fraction of sp³-hybridized carbons (Fsp3) is 1.00. The number of hydrogen-bond acceptors (Lipinski definition) is 3. The zero-order chi connectivity index (χ0) is 10.4. The van der Waals surface area contributed by atoms with Gasteiger partial charge in [0.15, 0.2) is 0 Å². The highest BCUT2D eigenvalue weighted by molar-refractivity contribution is 4.98. The van der Waals surface area contributed by atoms with Gasteiger partial charge in [-0.05, 0) is 39.2 Å². The smallest absolute Gasteiger partial charge is 0.0350 e. The summed E-state index contributed by atoms with van der Waals surface area (Å²) in [5, 5.41) is 0. The minimum Gasteiger partial charge on any atom is -0.328 e. The first-order valence-electron chi connectivity index (χ1n) is 6.45. The Kier molecular flexibility index (Phi) is 2.49. The first-order chi connectivity index (χ1) is 7.24. The molecule has 15 heavy (non-hydrogen) atoms. The van der Waals surface area contributed by atoms with Crippen molar-refractivity contribution in [3.63, 3.8) is 0 Å². The lowest BCUT2D eigenvalue weighted by atomic mass is 10.0. The number of nitrogens with two attached hydrogens (primary N) is 1. The second-order valence-corrected chi connectivity index (χ2v) is 5.73. The Morgan fingerprint density at radius 1 is 1.07 bits per heavy atom. The predicted octanol–water partition coefficient (Wildman–Crippen LogP) is 0.645. The van der Waals surface area contributed by atoms with Crippen molar-refractivity contribution in [2.45, 2.75) is 56.3 Å². The van der Waals surface area contributed by atoms with Crippen LogP contribution in [0.15, 0.2) is 0 Å². The van der Waals surface area contributed by atoms with E-state index in [-0.39, 0.29) is 0 Å². The number of likely N-dealkylation sites (N-methyl/N-ethyl adjacent to an activating group) is 1. The zero-order valence-electron chi connectivity index (χ0n) is 9.73. The van der Waals surface area contributed by atoms with Crippen LogP contribution in [0.1, 0.15) is 32.1 Å². The van der Waals surface area contributed by atoms with E-state index in [1.54, 1.807) is 0 Å². The molecule has 3 nitrogen and oxygen atoms in total. The molecule has 2 saturated carbocycles. The first kappa shape index (κ1) is 10.1. The molecule has 3 rings (SSSR count). The SMILES string of the molecule is CN(C1CC1)C1CN(C2CCC(N)C2)C1. The minimum absolute atomic E-state index is 0.482. The number of rotatable bonds is 3. The van der Waals surface area contributed by atoms with Gasteiger partial charge in [0.1, 0.15) is 0 Å². The molecule has 3 heteroatoms. The van der Waals surface area contributed by atoms with E-state index in [2.05, 4.69) is 16.8 Å². The van der Waals surface area contributed by atoms with Crippen LogP contribution in [0.5, 0.6) is 0 Å². The standard InChI is InChI=1S/C12H23N3/c1-14(10-4-5-10)12-7-15(8-12)11-3-2-9(13)6-11/h9-12H,2-8,13H2,1H3. The zero-order valence-corrected chi connectivity index (χ0v) is 9.73. The van der Waals surface area contributed by atoms with Crippen molar-refractivity contribution < 1.29 is 0 Å². The molecule has 1 aliphatic heterocycles. The average molecular weight is 209 g/mol. The van der Waals surface area contributed by atoms with Gasteiger partial charge in [-0.3, -0.25) is 9.80 Å². The summed E-state index contributed by atoms with van der Waals surface area (Å²) in [6.45, 7) is 2.59. The fourth-order valence-corrected chi connectivity index (χ4v) is 3.15. The van der Waals surface area contributed by atoms with Crippen LogP contribution in [0.3, 0.4) is 0 Å². The molecule has 0 aromatic heterocycles. The number of nitrogens with zero attached hydrogens (tertiary/aromatic N) is 2. The maximum atomic E-state index is 5.96. The molecule has 3 fully saturated rings. The average Bonchev–Trinajstić information content (AvgIpc) is 2.89. The minimum atomic E-state index is 0.482. The van der Waals surface area contributed by atoms with E-state index >= 15 is 0 Å². The second-order valence-electron chi connectivity index (χ2n) is 5.73. The van der Waals surface area contributed by atoms with Gasteiger partial charge < -0.3 is 5.73 Å². The molecule has 0 amide bonds. The molecule has 86 valence electrons. The molecule has 1 heterocycles. The Labute approximate surface area is 92.6 Å². The maximum Gasteiger partial charge on any atom is 0.0350 e. The van der Waals surface area contributed by atoms with Gasteiger partial charge in [0.25, 0.3) is 0 Å². The lowest BCUT2D eigenvalue weighted by Crippen LogP contribution is -2.61. The molecule has 0 aromatic rings. The molecule has 1 saturated heterocycles. The van der Waals surface area contributed by atoms with Crippen LogP contribution < -0.4 is 5.73 Å². The molecule has 2 unspecified atom stereocenters. The van der Waals surface area contributed by atoms with E-state index in [0.29, 0.717) is 6.04 Å². The highest BCUT2D eigenvalue weighted by Gasteiger charge is 2.40. The third-order valence-electron chi connectivity index (χ3n) is 4.55. The maximum absolute atomic E-state index is 5.96. The quantitative estimate of drug-likeness (QED) is 0.740. The predicted molar refractivity (Wildman–Crippen MR) is 61.8 cm³/mol. The molecule has 0 aromatic carbocycles. The Hall–Kier alpha value is -0.120. The molecule has 0 spiro atoms. The summed E-state index contributed by atoms with van der Waals surface area (Å²) >= 11 is 0. The van der Waals surface area contributed by atoms with Crippen molar-refractivity contribution in [2.75, 3.05) is 20.1 Å². The van der Waals surface area contributed by atoms with E-state index in [1.165, 1.54) is 45.2 Å². The highest BCUT2D eigenvalue weighted by atomic mass is 15.3. The van der Waals surface area contributed by atoms with Crippen LogP contribution >= 0.6 is 0 Å². The van der Waals surface area contributed by atoms with Crippen molar-refractivity contribution >= 4 is 0 Å². The van der Waals surface area contributed by atoms with E-state index < -0.39 is 0 Å². The van der Waals surface area contributed by atoms with Gasteiger partial charge in [0.2, 0.25) is 0 Å². The molecule has 2 N–H and O–H groups in total. The van der Waals surface area contributed by atoms with Crippen LogP contribution in [0.25, 0.3) is 0 Å². The van der Waals surface area contributed by atoms with Crippen LogP contribution in [-0.2, 0) is 0 Å². The van der Waals surface area contributed by atoms with Gasteiger partial charge in [0, 0.05) is 37.3 Å². The Bertz CT molecular complexity index is 233. The topological polar surface area (TPSA) is 32.5 Å². The lowest BCUT2D eigenvalue weighted by Gasteiger charge is -2.47. The lowest BCUT2D eigenvalue weighted by molar-refractivity contribution is 0.0144. The van der Waals surface area contributed by atoms with Crippen molar-refractivity contribution in [2.24, 2.45) is 5.73 Å². The van der Waals surface area contributed by atoms with Gasteiger partial charge in [-0.1, -0.05) is 0 Å². The van der Waals surface area contributed by atoms with Gasteiger partial charge >= 0.3 is 0 Å². The number of likely N-dealkylation sites (tertiary alicyclic amines) is 1. The van der Waals surface area contributed by atoms with Crippen LogP contribution in [-0.4, -0.2) is 54.1 Å². The van der Waals surface area contributed by atoms with Crippen LogP contribution in [0.4, 0.5) is 0 Å². The summed E-state index contributed by atoms with van der Waals surface area (Å²) < 4.78 is 0. The summed E-state index contributed by atoms with van der Waals surface area (Å²) in [6.07, 6.45) is 6.67. The third kappa shape index (κ3) is 1.93. The van der Waals surface area contributed by atoms with Crippen molar-refractivity contribution in [1.82, 2.24) is 9.80 Å². The highest BCUT2D eigenvalue weighted by Crippen LogP contribution is 2.33. The van der Waals surface area contributed by atoms with E-state index in [1.807, 2.05) is 0 Å². The van der Waals surface area contributed by atoms with Crippen molar-refractivity contribution in [3.8, 4) is 0 Å². The van der Waals surface area contributed by atoms with Gasteiger partial charge in [-0.25, -0.2) is 0 Å². The van der Waals surface area contributed by atoms with E-state index in [4.69, 9.17) is 5.73 Å². The summed E-state index contributed by atoms with van der Waals surface area (Å²) in [5.74, 6) is 0. The third-order valence-corrected chi connectivity index (χ3v) is 4.55. The van der Waals surface area contributed by atoms with Crippen molar-refractivity contribution in [1.29, 1.82) is 0 Å². The molecule has 0 radical (unpaired) electrons. The summed E-state index contributed by atoms with van der Waals surface area (Å²) in [5.41, 5.74) is 5.96. The monoisotopic (exact) mass is 209 g/mol. The fourth-order valence-electron chi connectivity index (χ4n) is 3.15. The second kappa shape index (κ2) is 3.72. The normalized spacial score (nSPS) is 38.6. The van der Waals surface area contributed by atoms with Crippen LogP contribution in [0, 0.1) is 0 Å². The van der Waals surface area contributed by atoms with Gasteiger partial charge in [-0.2, -0.15) is 0 Å². The Morgan fingerprint density at radius 2 is 1.80 bits per heavy atom. The van der Waals surface area contributed by atoms with Gasteiger partial charge in [0.05, 0.1) is 0 Å². The largest absolute Gasteiger partial charge is 0.328 e. The summed E-state index contributed by atoms with van der Waals surface area (Å²) in [6, 6.07) is 3.05. The Morgan fingerprint density at radius 3 is 2.33 bits per heavy atom. The first-order valence-corrected chi connectivity index (χ1v) is 6.45. The molecular weight excluding hydrogens is 186 g/mol. The summed E-state index contributed by atoms with van der Waals surface area (Å²) in [4.78, 5) is 5.25. The van der Waals surface area contributed by atoms with Gasteiger partial charge in [-0.15, -0.1) is 0 Å². The molecule has 2 aliphatic carbocycles. The van der Waals surface area contributed by atoms with Crippen LogP contribution in [0.2, 0.25) is 0 Å². The molecule has 3 aliphatic rings. The molecule has 2 atom stereocenters. The summed E-state index contributed by atoms with van der Waals surface area (Å²) in [7, 11) is 2.31. The molecular formula is C12H23N3. The number of hydrogen-bond donors (Lipinski definition) is 1. The van der Waals surface area contributed by atoms with E-state index in [0.717, 1.165) is 18.1 Å². The van der Waals surface area contributed by atoms with E-state index in [9.17, 15) is 0 Å². The molecule has 0 bridgehead atoms. The Balaban J connectivity index is 1.45.